The minimum Gasteiger partial charge on any atom is -0.364 e. The molecule has 0 aromatic carbocycles. The van der Waals surface area contributed by atoms with E-state index >= 15 is 0 Å². The molecule has 0 aliphatic rings. The number of nitrogens with one attached hydrogen (secondary N) is 1. The maximum absolute atomic E-state index is 12.0. The van der Waals surface area contributed by atoms with Gasteiger partial charge in [0.15, 0.2) is 0 Å². The first kappa shape index (κ1) is 12.3. The van der Waals surface area contributed by atoms with E-state index in [9.17, 15) is 8.78 Å². The van der Waals surface area contributed by atoms with Crippen LogP contribution in [0.2, 0.25) is 0 Å². The Morgan fingerprint density at radius 3 is 2.80 bits per heavy atom. The molecule has 6 heteroatoms. The van der Waals surface area contributed by atoms with E-state index in [1.54, 1.807) is 6.07 Å². The summed E-state index contributed by atoms with van der Waals surface area (Å²) in [5.41, 5.74) is 0. The van der Waals surface area contributed by atoms with Crippen LogP contribution in [0, 0.1) is 0 Å². The van der Waals surface area contributed by atoms with Crippen LogP contribution in [0.4, 0.5) is 14.6 Å². The zero-order valence-corrected chi connectivity index (χ0v) is 9.89. The molecule has 1 aromatic heterocycles. The van der Waals surface area contributed by atoms with Crippen LogP contribution in [-0.2, 0) is 6.42 Å². The third kappa shape index (κ3) is 4.51. The number of halogens is 3. The van der Waals surface area contributed by atoms with E-state index in [1.165, 1.54) is 0 Å². The summed E-state index contributed by atoms with van der Waals surface area (Å²) in [6, 6.07) is 1.58. The topological polar surface area (TPSA) is 37.8 Å². The molecule has 0 aliphatic heterocycles. The van der Waals surface area contributed by atoms with Crippen LogP contribution in [0.1, 0.15) is 19.2 Å². The SMILES string of the molecule is CCCc1nc(Br)cc(NCC(F)F)n1. The van der Waals surface area contributed by atoms with Crippen LogP contribution in [0.3, 0.4) is 0 Å². The van der Waals surface area contributed by atoms with Crippen molar-refractivity contribution in [2.45, 2.75) is 26.2 Å². The fourth-order valence-corrected chi connectivity index (χ4v) is 1.49. The van der Waals surface area contributed by atoms with Gasteiger partial charge in [-0.05, 0) is 22.4 Å². The van der Waals surface area contributed by atoms with Crippen LogP contribution in [-0.4, -0.2) is 22.9 Å². The first-order chi connectivity index (χ1) is 7.11. The predicted octanol–water partition coefficient (Wildman–Crippen LogP) is 2.87. The van der Waals surface area contributed by atoms with Gasteiger partial charge in [0.05, 0.1) is 6.54 Å². The Hall–Kier alpha value is -0.780. The molecule has 0 fully saturated rings. The summed E-state index contributed by atoms with van der Waals surface area (Å²) in [4.78, 5) is 8.24. The van der Waals surface area contributed by atoms with Crippen LogP contribution in [0.15, 0.2) is 10.7 Å². The largest absolute Gasteiger partial charge is 0.364 e. The Bertz CT molecular complexity index is 320. The lowest BCUT2D eigenvalue weighted by Gasteiger charge is -2.06. The second-order valence-corrected chi connectivity index (χ2v) is 3.83. The van der Waals surface area contributed by atoms with Crippen molar-refractivity contribution in [1.82, 2.24) is 9.97 Å². The highest BCUT2D eigenvalue weighted by atomic mass is 79.9. The Morgan fingerprint density at radius 2 is 2.20 bits per heavy atom. The first-order valence-corrected chi connectivity index (χ1v) is 5.46. The van der Waals surface area contributed by atoms with Crippen molar-refractivity contribution in [3.8, 4) is 0 Å². The van der Waals surface area contributed by atoms with Crippen molar-refractivity contribution in [2.75, 3.05) is 11.9 Å². The van der Waals surface area contributed by atoms with Crippen molar-refractivity contribution in [1.29, 1.82) is 0 Å². The molecule has 1 heterocycles. The van der Waals surface area contributed by atoms with Crippen LogP contribution in [0.5, 0.6) is 0 Å². The molecular weight excluding hydrogens is 268 g/mol. The zero-order valence-electron chi connectivity index (χ0n) is 8.30. The quantitative estimate of drug-likeness (QED) is 0.843. The molecule has 84 valence electrons. The normalized spacial score (nSPS) is 10.7. The summed E-state index contributed by atoms with van der Waals surface area (Å²) in [6.07, 6.45) is -0.721. The molecule has 3 nitrogen and oxygen atoms in total. The van der Waals surface area contributed by atoms with Crippen molar-refractivity contribution in [3.63, 3.8) is 0 Å². The predicted molar refractivity (Wildman–Crippen MR) is 58.2 cm³/mol. The van der Waals surface area contributed by atoms with Gasteiger partial charge in [0.25, 0.3) is 6.43 Å². The average Bonchev–Trinajstić information content (AvgIpc) is 2.14. The summed E-state index contributed by atoms with van der Waals surface area (Å²) in [5, 5.41) is 2.55. The molecule has 1 N–H and O–H groups in total. The number of rotatable bonds is 5. The minimum atomic E-state index is -2.38. The molecule has 0 atom stereocenters. The molecule has 1 rings (SSSR count). The molecule has 0 aliphatic carbocycles. The lowest BCUT2D eigenvalue weighted by molar-refractivity contribution is 0.163. The van der Waals surface area contributed by atoms with Gasteiger partial charge < -0.3 is 5.32 Å². The first-order valence-electron chi connectivity index (χ1n) is 4.67. The van der Waals surface area contributed by atoms with Gasteiger partial charge in [0.1, 0.15) is 16.2 Å². The van der Waals surface area contributed by atoms with E-state index in [0.717, 1.165) is 12.8 Å². The molecule has 0 spiro atoms. The molecule has 0 saturated carbocycles. The molecule has 0 amide bonds. The third-order valence-electron chi connectivity index (χ3n) is 1.65. The zero-order chi connectivity index (χ0) is 11.3. The Labute approximate surface area is 95.4 Å². The second kappa shape index (κ2) is 5.95. The Kier molecular flexibility index (Phi) is 4.87. The summed E-state index contributed by atoms with van der Waals surface area (Å²) in [5.74, 6) is 1.09. The van der Waals surface area contributed by atoms with Crippen molar-refractivity contribution in [2.24, 2.45) is 0 Å². The number of nitrogens with zero attached hydrogens (tertiary/aromatic N) is 2. The highest BCUT2D eigenvalue weighted by Gasteiger charge is 2.05. The highest BCUT2D eigenvalue weighted by molar-refractivity contribution is 9.10. The Balaban J connectivity index is 2.70. The Morgan fingerprint density at radius 1 is 1.47 bits per heavy atom. The summed E-state index contributed by atoms with van der Waals surface area (Å²) < 4.78 is 24.5. The van der Waals surface area contributed by atoms with E-state index in [0.29, 0.717) is 16.2 Å². The van der Waals surface area contributed by atoms with Gasteiger partial charge in [-0.2, -0.15) is 0 Å². The molecule has 15 heavy (non-hydrogen) atoms. The van der Waals surface area contributed by atoms with Crippen LogP contribution < -0.4 is 5.32 Å². The number of aromatic nitrogens is 2. The summed E-state index contributed by atoms with van der Waals surface area (Å²) in [6.45, 7) is 1.62. The van der Waals surface area contributed by atoms with Gasteiger partial charge in [-0.1, -0.05) is 6.92 Å². The van der Waals surface area contributed by atoms with E-state index in [1.807, 2.05) is 6.92 Å². The molecule has 0 saturated heterocycles. The molecule has 0 radical (unpaired) electrons. The number of anilines is 1. The molecule has 1 aromatic rings. The van der Waals surface area contributed by atoms with E-state index < -0.39 is 13.0 Å². The summed E-state index contributed by atoms with van der Waals surface area (Å²) in [7, 11) is 0. The number of hydrogen-bond donors (Lipinski definition) is 1. The fourth-order valence-electron chi connectivity index (χ4n) is 1.07. The maximum Gasteiger partial charge on any atom is 0.255 e. The van der Waals surface area contributed by atoms with Gasteiger partial charge in [-0.25, -0.2) is 18.7 Å². The van der Waals surface area contributed by atoms with Crippen molar-refractivity contribution in [3.05, 3.63) is 16.5 Å². The van der Waals surface area contributed by atoms with E-state index in [-0.39, 0.29) is 0 Å². The smallest absolute Gasteiger partial charge is 0.255 e. The molecule has 0 unspecified atom stereocenters. The fraction of sp³-hybridized carbons (Fsp3) is 0.556. The lowest BCUT2D eigenvalue weighted by atomic mass is 10.3. The number of hydrogen-bond acceptors (Lipinski definition) is 3. The van der Waals surface area contributed by atoms with Gasteiger partial charge in [0.2, 0.25) is 0 Å². The number of alkyl halides is 2. The molecular formula is C9H12BrF2N3. The minimum absolute atomic E-state index is 0.394. The van der Waals surface area contributed by atoms with Gasteiger partial charge in [-0.15, -0.1) is 0 Å². The molecule has 0 bridgehead atoms. The van der Waals surface area contributed by atoms with Crippen LogP contribution >= 0.6 is 15.9 Å². The second-order valence-electron chi connectivity index (χ2n) is 3.01. The monoisotopic (exact) mass is 279 g/mol. The highest BCUT2D eigenvalue weighted by Crippen LogP contribution is 2.13. The lowest BCUT2D eigenvalue weighted by Crippen LogP contribution is -2.12. The van der Waals surface area contributed by atoms with Crippen molar-refractivity contribution >= 4 is 21.7 Å². The van der Waals surface area contributed by atoms with E-state index in [2.05, 4.69) is 31.2 Å². The average molecular weight is 280 g/mol. The third-order valence-corrected chi connectivity index (χ3v) is 2.06. The maximum atomic E-state index is 12.0. The summed E-state index contributed by atoms with van der Waals surface area (Å²) >= 11 is 3.21. The van der Waals surface area contributed by atoms with Gasteiger partial charge >= 0.3 is 0 Å². The van der Waals surface area contributed by atoms with Crippen molar-refractivity contribution < 1.29 is 8.78 Å². The van der Waals surface area contributed by atoms with Gasteiger partial charge in [-0.3, -0.25) is 0 Å². The van der Waals surface area contributed by atoms with E-state index in [4.69, 9.17) is 0 Å². The van der Waals surface area contributed by atoms with Gasteiger partial charge in [0, 0.05) is 12.5 Å². The standard InChI is InChI=1S/C9H12BrF2N3/c1-2-3-8-14-6(10)4-9(15-8)13-5-7(11)12/h4,7H,2-3,5H2,1H3,(H,13,14,15). The number of aryl methyl sites for hydroxylation is 1. The van der Waals surface area contributed by atoms with Crippen LogP contribution in [0.25, 0.3) is 0 Å².